The fourth-order valence-electron chi connectivity index (χ4n) is 2.22. The van der Waals surface area contributed by atoms with Crippen molar-refractivity contribution in [1.82, 2.24) is 14.7 Å². The van der Waals surface area contributed by atoms with Gasteiger partial charge in [0.1, 0.15) is 0 Å². The number of aromatic nitrogens is 2. The zero-order valence-corrected chi connectivity index (χ0v) is 12.0. The Morgan fingerprint density at radius 3 is 2.53 bits per heavy atom. The molecular formula is C12H18BrN3O. The molecule has 0 unspecified atom stereocenters. The number of nitrogens with zero attached hydrogens (tertiary/aromatic N) is 3. The minimum absolute atomic E-state index is 0.256. The number of amides is 1. The molecule has 4 nitrogen and oxygen atoms in total. The molecule has 0 aromatic carbocycles. The monoisotopic (exact) mass is 299 g/mol. The van der Waals surface area contributed by atoms with Crippen LogP contribution in [0.3, 0.4) is 0 Å². The van der Waals surface area contributed by atoms with Gasteiger partial charge in [-0.05, 0) is 42.6 Å². The van der Waals surface area contributed by atoms with Gasteiger partial charge in [-0.3, -0.25) is 9.48 Å². The van der Waals surface area contributed by atoms with E-state index >= 15 is 0 Å². The summed E-state index contributed by atoms with van der Waals surface area (Å²) in [5.41, 5.74) is 2.08. The summed E-state index contributed by atoms with van der Waals surface area (Å²) in [4.78, 5) is 13.9. The number of likely N-dealkylation sites (tertiary alicyclic amines) is 1. The van der Waals surface area contributed by atoms with Gasteiger partial charge in [-0.15, -0.1) is 0 Å². The predicted molar refractivity (Wildman–Crippen MR) is 69.8 cm³/mol. The van der Waals surface area contributed by atoms with Gasteiger partial charge in [0.15, 0.2) is 0 Å². The molecule has 2 heterocycles. The second-order valence-corrected chi connectivity index (χ2v) is 5.34. The summed E-state index contributed by atoms with van der Waals surface area (Å²) in [5.74, 6) is 0.256. The molecule has 1 aliphatic heterocycles. The molecule has 1 saturated heterocycles. The fraction of sp³-hybridized carbons (Fsp3) is 0.667. The van der Waals surface area contributed by atoms with Crippen molar-refractivity contribution < 1.29 is 4.79 Å². The van der Waals surface area contributed by atoms with Crippen LogP contribution in [0.25, 0.3) is 0 Å². The first-order chi connectivity index (χ1) is 8.09. The van der Waals surface area contributed by atoms with E-state index in [0.29, 0.717) is 13.0 Å². The molecular weight excluding hydrogens is 282 g/mol. The van der Waals surface area contributed by atoms with Crippen LogP contribution >= 0.6 is 15.9 Å². The average Bonchev–Trinajstić information content (AvgIpc) is 2.91. The number of hydrogen-bond acceptors (Lipinski definition) is 2. The third-order valence-electron chi connectivity index (χ3n) is 3.29. The van der Waals surface area contributed by atoms with E-state index < -0.39 is 0 Å². The average molecular weight is 300 g/mol. The lowest BCUT2D eigenvalue weighted by molar-refractivity contribution is -0.130. The van der Waals surface area contributed by atoms with E-state index in [-0.39, 0.29) is 5.91 Å². The third-order valence-corrected chi connectivity index (χ3v) is 4.44. The Hall–Kier alpha value is -0.840. The molecule has 1 aromatic heterocycles. The smallest absolute Gasteiger partial charge is 0.224 e. The van der Waals surface area contributed by atoms with Crippen molar-refractivity contribution in [2.24, 2.45) is 0 Å². The van der Waals surface area contributed by atoms with Crippen molar-refractivity contribution in [2.75, 3.05) is 13.1 Å². The van der Waals surface area contributed by atoms with E-state index in [1.54, 1.807) is 0 Å². The van der Waals surface area contributed by atoms with E-state index in [1.807, 2.05) is 23.4 Å². The normalized spacial score (nSPS) is 15.6. The Balaban J connectivity index is 1.93. The van der Waals surface area contributed by atoms with Gasteiger partial charge in [0, 0.05) is 25.2 Å². The van der Waals surface area contributed by atoms with Gasteiger partial charge in [-0.2, -0.15) is 5.10 Å². The lowest BCUT2D eigenvalue weighted by atomic mass is 10.3. The molecule has 0 N–H and O–H groups in total. The Morgan fingerprint density at radius 2 is 2.00 bits per heavy atom. The number of hydrogen-bond donors (Lipinski definition) is 0. The summed E-state index contributed by atoms with van der Waals surface area (Å²) in [6.07, 6.45) is 2.85. The lowest BCUT2D eigenvalue weighted by Crippen LogP contribution is -2.28. The van der Waals surface area contributed by atoms with Crippen LogP contribution in [0.15, 0.2) is 4.47 Å². The van der Waals surface area contributed by atoms with Crippen LogP contribution in [0.1, 0.15) is 30.7 Å². The van der Waals surface area contributed by atoms with Gasteiger partial charge in [-0.25, -0.2) is 0 Å². The van der Waals surface area contributed by atoms with Crippen molar-refractivity contribution in [3.8, 4) is 0 Å². The van der Waals surface area contributed by atoms with E-state index in [0.717, 1.165) is 41.8 Å². The van der Waals surface area contributed by atoms with Crippen LogP contribution in [-0.2, 0) is 11.3 Å². The zero-order valence-electron chi connectivity index (χ0n) is 10.4. The van der Waals surface area contributed by atoms with Gasteiger partial charge in [0.2, 0.25) is 5.91 Å². The SMILES string of the molecule is Cc1nn(CCC(=O)N2CCCC2)c(C)c1Br. The van der Waals surface area contributed by atoms with Gasteiger partial charge in [0.05, 0.1) is 16.7 Å². The summed E-state index contributed by atoms with van der Waals surface area (Å²) in [5, 5.41) is 4.41. The summed E-state index contributed by atoms with van der Waals surface area (Å²) in [6.45, 7) is 6.52. The third kappa shape index (κ3) is 2.70. The van der Waals surface area contributed by atoms with Crippen LogP contribution in [0.5, 0.6) is 0 Å². The Labute approximate surface area is 110 Å². The molecule has 2 rings (SSSR count). The molecule has 94 valence electrons. The second kappa shape index (κ2) is 5.21. The van der Waals surface area contributed by atoms with E-state index in [2.05, 4.69) is 21.0 Å². The first-order valence-electron chi connectivity index (χ1n) is 6.07. The van der Waals surface area contributed by atoms with Crippen LogP contribution in [-0.4, -0.2) is 33.7 Å². The van der Waals surface area contributed by atoms with Gasteiger partial charge in [-0.1, -0.05) is 0 Å². The maximum atomic E-state index is 11.9. The maximum absolute atomic E-state index is 11.9. The van der Waals surface area contributed by atoms with E-state index in [4.69, 9.17) is 0 Å². The standard InChI is InChI=1S/C12H18BrN3O/c1-9-12(13)10(2)16(14-9)8-5-11(17)15-6-3-4-7-15/h3-8H2,1-2H3. The quantitative estimate of drug-likeness (QED) is 0.859. The Bertz CT molecular complexity index is 422. The minimum atomic E-state index is 0.256. The first kappa shape index (κ1) is 12.6. The predicted octanol–water partition coefficient (Wildman–Crippen LogP) is 2.27. The Morgan fingerprint density at radius 1 is 1.35 bits per heavy atom. The first-order valence-corrected chi connectivity index (χ1v) is 6.86. The fourth-order valence-corrected chi connectivity index (χ4v) is 2.50. The highest BCUT2D eigenvalue weighted by Gasteiger charge is 2.18. The van der Waals surface area contributed by atoms with Crippen molar-refractivity contribution in [2.45, 2.75) is 39.7 Å². The lowest BCUT2D eigenvalue weighted by Gasteiger charge is -2.15. The van der Waals surface area contributed by atoms with Crippen molar-refractivity contribution >= 4 is 21.8 Å². The van der Waals surface area contributed by atoms with Crippen LogP contribution < -0.4 is 0 Å². The maximum Gasteiger partial charge on any atom is 0.224 e. The molecule has 1 aromatic rings. The van der Waals surface area contributed by atoms with E-state index in [9.17, 15) is 4.79 Å². The molecule has 1 amide bonds. The molecule has 0 radical (unpaired) electrons. The zero-order chi connectivity index (χ0) is 12.4. The highest BCUT2D eigenvalue weighted by atomic mass is 79.9. The summed E-state index contributed by atoms with van der Waals surface area (Å²) < 4.78 is 2.96. The highest BCUT2D eigenvalue weighted by molar-refractivity contribution is 9.10. The topological polar surface area (TPSA) is 38.1 Å². The van der Waals surface area contributed by atoms with Gasteiger partial charge in [0.25, 0.3) is 0 Å². The number of aryl methyl sites for hydroxylation is 2. The molecule has 1 aliphatic rings. The molecule has 0 bridgehead atoms. The Kier molecular flexibility index (Phi) is 3.86. The summed E-state index contributed by atoms with van der Waals surface area (Å²) in [7, 11) is 0. The van der Waals surface area contributed by atoms with Gasteiger partial charge < -0.3 is 4.90 Å². The van der Waals surface area contributed by atoms with Crippen molar-refractivity contribution in [1.29, 1.82) is 0 Å². The number of halogens is 1. The molecule has 17 heavy (non-hydrogen) atoms. The summed E-state index contributed by atoms with van der Waals surface area (Å²) in [6, 6.07) is 0. The van der Waals surface area contributed by atoms with Gasteiger partial charge >= 0.3 is 0 Å². The molecule has 0 aliphatic carbocycles. The molecule has 0 atom stereocenters. The van der Waals surface area contributed by atoms with Crippen LogP contribution in [0, 0.1) is 13.8 Å². The summed E-state index contributed by atoms with van der Waals surface area (Å²) >= 11 is 3.49. The van der Waals surface area contributed by atoms with Crippen LogP contribution in [0.4, 0.5) is 0 Å². The largest absolute Gasteiger partial charge is 0.343 e. The minimum Gasteiger partial charge on any atom is -0.343 e. The molecule has 0 saturated carbocycles. The highest BCUT2D eigenvalue weighted by Crippen LogP contribution is 2.20. The number of rotatable bonds is 3. The molecule has 0 spiro atoms. The molecule has 1 fully saturated rings. The van der Waals surface area contributed by atoms with E-state index in [1.165, 1.54) is 0 Å². The second-order valence-electron chi connectivity index (χ2n) is 4.55. The van der Waals surface area contributed by atoms with Crippen LogP contribution in [0.2, 0.25) is 0 Å². The van der Waals surface area contributed by atoms with Crippen molar-refractivity contribution in [3.63, 3.8) is 0 Å². The van der Waals surface area contributed by atoms with Crippen molar-refractivity contribution in [3.05, 3.63) is 15.9 Å². The number of carbonyl (C=O) groups excluding carboxylic acids is 1. The number of carbonyl (C=O) groups is 1. The molecule has 5 heteroatoms.